The first-order chi connectivity index (χ1) is 9.80. The van der Waals surface area contributed by atoms with Crippen molar-refractivity contribution in [2.45, 2.75) is 45.8 Å². The van der Waals surface area contributed by atoms with Crippen molar-refractivity contribution in [1.29, 1.82) is 0 Å². The molecule has 0 atom stereocenters. The largest absolute Gasteiger partial charge is 0.496 e. The summed E-state index contributed by atoms with van der Waals surface area (Å²) in [5.41, 5.74) is 1.17. The van der Waals surface area contributed by atoms with Gasteiger partial charge in [0.1, 0.15) is 0 Å². The molecule has 0 radical (unpaired) electrons. The highest BCUT2D eigenvalue weighted by Gasteiger charge is 2.51. The monoisotopic (exact) mass is 286 g/mol. The van der Waals surface area contributed by atoms with Gasteiger partial charge in [0.15, 0.2) is 5.82 Å². The van der Waals surface area contributed by atoms with Crippen LogP contribution in [0, 0.1) is 6.92 Å². The highest BCUT2D eigenvalue weighted by Crippen LogP contribution is 2.36. The summed E-state index contributed by atoms with van der Waals surface area (Å²) in [6.07, 6.45) is 5.01. The van der Waals surface area contributed by atoms with Crippen molar-refractivity contribution in [3.05, 3.63) is 30.2 Å². The number of hydrogen-bond acceptors (Lipinski definition) is 5. The molecule has 7 heteroatoms. The Bertz CT molecular complexity index is 639. The van der Waals surface area contributed by atoms with Crippen LogP contribution >= 0.6 is 0 Å². The molecule has 0 spiro atoms. The van der Waals surface area contributed by atoms with Crippen molar-refractivity contribution in [3.63, 3.8) is 0 Å². The summed E-state index contributed by atoms with van der Waals surface area (Å²) in [7, 11) is -0.402. The minimum Gasteiger partial charge on any atom is -0.399 e. The van der Waals surface area contributed by atoms with E-state index in [-0.39, 0.29) is 11.2 Å². The fraction of sp³-hybridized carbons (Fsp3) is 0.500. The van der Waals surface area contributed by atoms with Crippen LogP contribution < -0.4 is 5.46 Å². The average molecular weight is 286 g/mol. The topological polar surface area (TPSA) is 62.1 Å². The number of aromatic nitrogens is 4. The molecule has 1 saturated heterocycles. The Morgan fingerprint density at radius 3 is 2.14 bits per heavy atom. The molecule has 6 nitrogen and oxygen atoms in total. The second-order valence-electron chi connectivity index (χ2n) is 6.32. The Hall–Kier alpha value is -1.73. The lowest BCUT2D eigenvalue weighted by atomic mass is 9.80. The molecule has 0 saturated carbocycles. The molecular weight excluding hydrogens is 267 g/mol. The predicted molar refractivity (Wildman–Crippen MR) is 79.6 cm³/mol. The summed E-state index contributed by atoms with van der Waals surface area (Å²) in [4.78, 5) is 5.94. The SMILES string of the molecule is Cc1cc(B2OC(C)(C)C(C)(C)O2)cnc1-n1nccn1. The van der Waals surface area contributed by atoms with Crippen molar-refractivity contribution < 1.29 is 9.31 Å². The normalized spacial score (nSPS) is 20.0. The lowest BCUT2D eigenvalue weighted by Crippen LogP contribution is -2.41. The number of hydrogen-bond donors (Lipinski definition) is 0. The van der Waals surface area contributed by atoms with Crippen LogP contribution in [0.3, 0.4) is 0 Å². The Labute approximate surface area is 124 Å². The summed E-state index contributed by atoms with van der Waals surface area (Å²) in [6, 6.07) is 2.01. The quantitative estimate of drug-likeness (QED) is 0.778. The first-order valence-electron chi connectivity index (χ1n) is 6.99. The van der Waals surface area contributed by atoms with E-state index in [4.69, 9.17) is 9.31 Å². The van der Waals surface area contributed by atoms with Gasteiger partial charge in [-0.25, -0.2) is 4.98 Å². The standard InChI is InChI=1S/C14H19BN4O2/c1-10-8-11(9-16-12(10)19-17-6-7-18-19)15-20-13(2,3)14(4,5)21-15/h6-9H,1-5H3. The van der Waals surface area contributed by atoms with Gasteiger partial charge in [0.25, 0.3) is 0 Å². The van der Waals surface area contributed by atoms with Crippen LogP contribution in [0.1, 0.15) is 33.3 Å². The maximum Gasteiger partial charge on any atom is 0.496 e. The molecule has 3 rings (SSSR count). The molecule has 1 aliphatic rings. The van der Waals surface area contributed by atoms with Gasteiger partial charge in [0.2, 0.25) is 0 Å². The van der Waals surface area contributed by atoms with Crippen LogP contribution in [0.2, 0.25) is 0 Å². The van der Waals surface area contributed by atoms with Gasteiger partial charge in [0, 0.05) is 11.7 Å². The molecule has 0 bridgehead atoms. The first-order valence-corrected chi connectivity index (χ1v) is 6.99. The zero-order valence-corrected chi connectivity index (χ0v) is 13.0. The number of rotatable bonds is 2. The summed E-state index contributed by atoms with van der Waals surface area (Å²) >= 11 is 0. The molecule has 1 aliphatic heterocycles. The zero-order chi connectivity index (χ0) is 15.3. The third-order valence-corrected chi connectivity index (χ3v) is 4.21. The lowest BCUT2D eigenvalue weighted by Gasteiger charge is -2.32. The third kappa shape index (κ3) is 2.36. The minimum atomic E-state index is -0.402. The minimum absolute atomic E-state index is 0.353. The van der Waals surface area contributed by atoms with E-state index in [1.807, 2.05) is 40.7 Å². The van der Waals surface area contributed by atoms with Crippen molar-refractivity contribution in [2.75, 3.05) is 0 Å². The van der Waals surface area contributed by atoms with Gasteiger partial charge >= 0.3 is 7.12 Å². The fourth-order valence-corrected chi connectivity index (χ4v) is 2.23. The number of aryl methyl sites for hydroxylation is 1. The van der Waals surface area contributed by atoms with Crippen molar-refractivity contribution in [2.24, 2.45) is 0 Å². The van der Waals surface area contributed by atoms with Gasteiger partial charge in [0.05, 0.1) is 23.6 Å². The average Bonchev–Trinajstić information content (AvgIpc) is 2.96. The number of pyridine rings is 1. The van der Waals surface area contributed by atoms with Crippen molar-refractivity contribution >= 4 is 12.6 Å². The second kappa shape index (κ2) is 4.64. The highest BCUT2D eigenvalue weighted by atomic mass is 16.7. The molecule has 0 aromatic carbocycles. The molecule has 0 N–H and O–H groups in total. The Balaban J connectivity index is 1.90. The first kappa shape index (κ1) is 14.2. The molecule has 110 valence electrons. The molecule has 2 aromatic heterocycles. The smallest absolute Gasteiger partial charge is 0.399 e. The van der Waals surface area contributed by atoms with E-state index < -0.39 is 7.12 Å². The predicted octanol–water partition coefficient (Wildman–Crippen LogP) is 1.27. The molecular formula is C14H19BN4O2. The van der Waals surface area contributed by atoms with Crippen LogP contribution in [0.15, 0.2) is 24.7 Å². The highest BCUT2D eigenvalue weighted by molar-refractivity contribution is 6.62. The maximum absolute atomic E-state index is 6.04. The van der Waals surface area contributed by atoms with E-state index in [1.165, 1.54) is 4.80 Å². The Morgan fingerprint density at radius 1 is 1.05 bits per heavy atom. The van der Waals surface area contributed by atoms with Gasteiger partial charge in [-0.3, -0.25) is 0 Å². The summed E-state index contributed by atoms with van der Waals surface area (Å²) in [6.45, 7) is 10.1. The van der Waals surface area contributed by atoms with Crippen LogP contribution in [-0.2, 0) is 9.31 Å². The fourth-order valence-electron chi connectivity index (χ4n) is 2.23. The van der Waals surface area contributed by atoms with Crippen LogP contribution in [0.5, 0.6) is 0 Å². The van der Waals surface area contributed by atoms with E-state index in [9.17, 15) is 0 Å². The number of nitrogens with zero attached hydrogens (tertiary/aromatic N) is 4. The molecule has 0 amide bonds. The van der Waals surface area contributed by atoms with Crippen LogP contribution in [0.4, 0.5) is 0 Å². The van der Waals surface area contributed by atoms with Crippen LogP contribution in [-0.4, -0.2) is 38.3 Å². The molecule has 2 aromatic rings. The third-order valence-electron chi connectivity index (χ3n) is 4.21. The van der Waals surface area contributed by atoms with E-state index >= 15 is 0 Å². The zero-order valence-electron chi connectivity index (χ0n) is 13.0. The summed E-state index contributed by atoms with van der Waals surface area (Å²) in [5.74, 6) is 0.709. The van der Waals surface area contributed by atoms with Crippen molar-refractivity contribution in [1.82, 2.24) is 20.0 Å². The van der Waals surface area contributed by atoms with Gasteiger partial charge in [-0.15, -0.1) is 4.80 Å². The molecule has 0 aliphatic carbocycles. The van der Waals surface area contributed by atoms with E-state index in [0.717, 1.165) is 11.0 Å². The van der Waals surface area contributed by atoms with Gasteiger partial charge < -0.3 is 9.31 Å². The van der Waals surface area contributed by atoms with E-state index in [2.05, 4.69) is 15.2 Å². The molecule has 21 heavy (non-hydrogen) atoms. The van der Waals surface area contributed by atoms with E-state index in [1.54, 1.807) is 18.6 Å². The van der Waals surface area contributed by atoms with Gasteiger partial charge in [-0.2, -0.15) is 10.2 Å². The van der Waals surface area contributed by atoms with E-state index in [0.29, 0.717) is 5.82 Å². The van der Waals surface area contributed by atoms with Gasteiger partial charge in [-0.05, 0) is 40.2 Å². The van der Waals surface area contributed by atoms with Crippen LogP contribution in [0.25, 0.3) is 5.82 Å². The summed E-state index contributed by atoms with van der Waals surface area (Å²) in [5, 5.41) is 8.20. The summed E-state index contributed by atoms with van der Waals surface area (Å²) < 4.78 is 12.1. The maximum atomic E-state index is 6.04. The van der Waals surface area contributed by atoms with Gasteiger partial charge in [-0.1, -0.05) is 6.07 Å². The Kier molecular flexibility index (Phi) is 3.14. The Morgan fingerprint density at radius 2 is 1.62 bits per heavy atom. The second-order valence-corrected chi connectivity index (χ2v) is 6.32. The van der Waals surface area contributed by atoms with Crippen molar-refractivity contribution in [3.8, 4) is 5.82 Å². The molecule has 0 unspecified atom stereocenters. The molecule has 3 heterocycles. The molecule has 1 fully saturated rings. The lowest BCUT2D eigenvalue weighted by molar-refractivity contribution is 0.00578.